The summed E-state index contributed by atoms with van der Waals surface area (Å²) in [5.74, 6) is 0.799. The van der Waals surface area contributed by atoms with Crippen molar-refractivity contribution in [3.05, 3.63) is 131 Å². The summed E-state index contributed by atoms with van der Waals surface area (Å²) >= 11 is 7.62. The molecule has 2 unspecified atom stereocenters. The smallest absolute Gasteiger partial charge is 0.255 e. The highest BCUT2D eigenvalue weighted by atomic mass is 35.5. The summed E-state index contributed by atoms with van der Waals surface area (Å²) in [6, 6.07) is 27.5. The van der Waals surface area contributed by atoms with E-state index in [0.29, 0.717) is 29.5 Å². The van der Waals surface area contributed by atoms with E-state index in [0.717, 1.165) is 22.4 Å². The van der Waals surface area contributed by atoms with Gasteiger partial charge in [-0.2, -0.15) is 0 Å². The van der Waals surface area contributed by atoms with Gasteiger partial charge in [-0.1, -0.05) is 60.1 Å². The van der Waals surface area contributed by atoms with Crippen LogP contribution in [0, 0.1) is 0 Å². The fourth-order valence-corrected chi connectivity index (χ4v) is 5.79. The lowest BCUT2D eigenvalue weighted by atomic mass is 10.1. The Labute approximate surface area is 231 Å². The van der Waals surface area contributed by atoms with Gasteiger partial charge in [0.2, 0.25) is 5.91 Å². The fourth-order valence-electron chi connectivity index (χ4n) is 4.23. The first-order valence-corrected chi connectivity index (χ1v) is 13.6. The summed E-state index contributed by atoms with van der Waals surface area (Å²) in [5.41, 5.74) is 3.38. The van der Waals surface area contributed by atoms with Gasteiger partial charge in [0.1, 0.15) is 23.8 Å². The van der Waals surface area contributed by atoms with Crippen LogP contribution >= 0.6 is 23.4 Å². The number of aromatic nitrogens is 1. The highest BCUT2D eigenvalue weighted by Gasteiger charge is 2.42. The van der Waals surface area contributed by atoms with Gasteiger partial charge in [0, 0.05) is 35.3 Å². The van der Waals surface area contributed by atoms with Gasteiger partial charge in [-0.05, 0) is 59.2 Å². The molecule has 0 spiro atoms. The predicted molar refractivity (Wildman–Crippen MR) is 150 cm³/mol. The summed E-state index contributed by atoms with van der Waals surface area (Å²) in [6.45, 7) is 0.813. The Balaban J connectivity index is 1.34. The SMILES string of the molecule is O=C(NCc1cccnc1)C1CSC(c2ccc(OCc3ccccc3)cc2)N1C(=O)c1ccc(Cl)cc1. The number of ether oxygens (including phenoxy) is 1. The molecule has 6 nitrogen and oxygen atoms in total. The molecule has 2 atom stereocenters. The predicted octanol–water partition coefficient (Wildman–Crippen LogP) is 5.89. The third-order valence-electron chi connectivity index (χ3n) is 6.23. The third-order valence-corrected chi connectivity index (χ3v) is 7.81. The molecule has 8 heteroatoms. The van der Waals surface area contributed by atoms with Crippen molar-refractivity contribution >= 4 is 35.2 Å². The minimum Gasteiger partial charge on any atom is -0.489 e. The molecule has 0 radical (unpaired) electrons. The second kappa shape index (κ2) is 12.2. The molecule has 0 bridgehead atoms. The van der Waals surface area contributed by atoms with Gasteiger partial charge in [-0.15, -0.1) is 11.8 Å². The second-order valence-corrected chi connectivity index (χ2v) is 10.4. The molecule has 2 amide bonds. The second-order valence-electron chi connectivity index (χ2n) is 8.84. The van der Waals surface area contributed by atoms with E-state index in [9.17, 15) is 9.59 Å². The Morgan fingerprint density at radius 1 is 0.947 bits per heavy atom. The first-order valence-electron chi connectivity index (χ1n) is 12.2. The summed E-state index contributed by atoms with van der Waals surface area (Å²) in [4.78, 5) is 32.8. The van der Waals surface area contributed by atoms with Gasteiger partial charge in [0.15, 0.2) is 0 Å². The monoisotopic (exact) mass is 543 g/mol. The van der Waals surface area contributed by atoms with Crippen LogP contribution in [-0.4, -0.2) is 33.5 Å². The number of carbonyl (C=O) groups excluding carboxylic acids is 2. The summed E-state index contributed by atoms with van der Waals surface area (Å²) in [5, 5.41) is 3.20. The normalized spacial score (nSPS) is 16.7. The van der Waals surface area contributed by atoms with Crippen LogP contribution in [0.1, 0.15) is 32.4 Å². The van der Waals surface area contributed by atoms with E-state index >= 15 is 0 Å². The van der Waals surface area contributed by atoms with Crippen molar-refractivity contribution < 1.29 is 14.3 Å². The number of nitrogens with zero attached hydrogens (tertiary/aromatic N) is 2. The van der Waals surface area contributed by atoms with E-state index in [1.807, 2.05) is 66.7 Å². The summed E-state index contributed by atoms with van der Waals surface area (Å²) in [7, 11) is 0. The molecule has 0 saturated carbocycles. The van der Waals surface area contributed by atoms with Gasteiger partial charge < -0.3 is 15.0 Å². The molecule has 1 aliphatic heterocycles. The first kappa shape index (κ1) is 25.8. The maximum Gasteiger partial charge on any atom is 0.255 e. The van der Waals surface area contributed by atoms with Crippen molar-refractivity contribution in [2.24, 2.45) is 0 Å². The lowest BCUT2D eigenvalue weighted by molar-refractivity contribution is -0.125. The van der Waals surface area contributed by atoms with Crippen LogP contribution in [-0.2, 0) is 17.9 Å². The molecule has 5 rings (SSSR count). The Bertz CT molecular complexity index is 1370. The van der Waals surface area contributed by atoms with Crippen LogP contribution in [0.25, 0.3) is 0 Å². The van der Waals surface area contributed by atoms with Crippen LogP contribution in [0.15, 0.2) is 103 Å². The number of pyridine rings is 1. The lowest BCUT2D eigenvalue weighted by Crippen LogP contribution is -2.47. The molecule has 3 aromatic carbocycles. The van der Waals surface area contributed by atoms with E-state index < -0.39 is 6.04 Å². The lowest BCUT2D eigenvalue weighted by Gasteiger charge is -2.29. The van der Waals surface area contributed by atoms with Crippen molar-refractivity contribution in [1.82, 2.24) is 15.2 Å². The van der Waals surface area contributed by atoms with Crippen molar-refractivity contribution in [2.45, 2.75) is 24.6 Å². The van der Waals surface area contributed by atoms with E-state index in [4.69, 9.17) is 16.3 Å². The number of halogens is 1. The average molecular weight is 544 g/mol. The zero-order chi connectivity index (χ0) is 26.3. The van der Waals surface area contributed by atoms with Crippen molar-refractivity contribution in [3.8, 4) is 5.75 Å². The molecule has 1 aromatic heterocycles. The van der Waals surface area contributed by atoms with E-state index in [2.05, 4.69) is 10.3 Å². The Kier molecular flexibility index (Phi) is 8.26. The number of benzene rings is 3. The van der Waals surface area contributed by atoms with Crippen LogP contribution in [0.5, 0.6) is 5.75 Å². The summed E-state index contributed by atoms with van der Waals surface area (Å²) < 4.78 is 5.93. The fraction of sp³-hybridized carbons (Fsp3) is 0.167. The maximum absolute atomic E-state index is 13.7. The van der Waals surface area contributed by atoms with Crippen LogP contribution in [0.2, 0.25) is 5.02 Å². The zero-order valence-electron chi connectivity index (χ0n) is 20.5. The molecular formula is C30H26ClN3O3S. The standard InChI is InChI=1S/C30H26ClN3O3S/c31-25-12-8-23(9-13-25)29(36)34-27(28(35)33-18-22-7-4-16-32-17-22)20-38-30(34)24-10-14-26(15-11-24)37-19-21-5-2-1-3-6-21/h1-17,27,30H,18-20H2,(H,33,35). The van der Waals surface area contributed by atoms with Gasteiger partial charge in [0.05, 0.1) is 0 Å². The molecule has 192 valence electrons. The van der Waals surface area contributed by atoms with E-state index in [-0.39, 0.29) is 17.2 Å². The Hall–Kier alpha value is -3.81. The minimum atomic E-state index is -0.626. The molecule has 0 aliphatic carbocycles. The minimum absolute atomic E-state index is 0.200. The highest BCUT2D eigenvalue weighted by molar-refractivity contribution is 7.99. The molecule has 1 fully saturated rings. The topological polar surface area (TPSA) is 71.5 Å². The number of hydrogen-bond donors (Lipinski definition) is 1. The van der Waals surface area contributed by atoms with E-state index in [1.165, 1.54) is 0 Å². The van der Waals surface area contributed by atoms with Crippen LogP contribution in [0.3, 0.4) is 0 Å². The van der Waals surface area contributed by atoms with Crippen LogP contribution in [0.4, 0.5) is 0 Å². The molecule has 2 heterocycles. The summed E-state index contributed by atoms with van der Waals surface area (Å²) in [6.07, 6.45) is 3.40. The Morgan fingerprint density at radius 3 is 2.39 bits per heavy atom. The number of rotatable bonds is 8. The van der Waals surface area contributed by atoms with E-state index in [1.54, 1.807) is 53.3 Å². The van der Waals surface area contributed by atoms with Gasteiger partial charge in [-0.25, -0.2) is 0 Å². The molecule has 38 heavy (non-hydrogen) atoms. The van der Waals surface area contributed by atoms with Crippen molar-refractivity contribution in [3.63, 3.8) is 0 Å². The number of nitrogens with one attached hydrogen (secondary N) is 1. The number of amides is 2. The molecular weight excluding hydrogens is 518 g/mol. The number of carbonyl (C=O) groups is 2. The maximum atomic E-state index is 13.7. The molecule has 4 aromatic rings. The first-order chi connectivity index (χ1) is 18.6. The highest BCUT2D eigenvalue weighted by Crippen LogP contribution is 2.42. The largest absolute Gasteiger partial charge is 0.489 e. The van der Waals surface area contributed by atoms with Gasteiger partial charge >= 0.3 is 0 Å². The number of hydrogen-bond acceptors (Lipinski definition) is 5. The molecule has 1 N–H and O–H groups in total. The average Bonchev–Trinajstić information content (AvgIpc) is 3.41. The van der Waals surface area contributed by atoms with Crippen LogP contribution < -0.4 is 10.1 Å². The number of thioether (sulfide) groups is 1. The van der Waals surface area contributed by atoms with Gasteiger partial charge in [-0.3, -0.25) is 14.6 Å². The zero-order valence-corrected chi connectivity index (χ0v) is 22.1. The van der Waals surface area contributed by atoms with Crippen molar-refractivity contribution in [1.29, 1.82) is 0 Å². The Morgan fingerprint density at radius 2 is 1.68 bits per heavy atom. The molecule has 1 saturated heterocycles. The third kappa shape index (κ3) is 6.18. The molecule has 1 aliphatic rings. The van der Waals surface area contributed by atoms with Gasteiger partial charge in [0.25, 0.3) is 5.91 Å². The quantitative estimate of drug-likeness (QED) is 0.300. The van der Waals surface area contributed by atoms with Crippen molar-refractivity contribution in [2.75, 3.05) is 5.75 Å².